The first-order chi connectivity index (χ1) is 10.3. The number of aromatic nitrogens is 4. The van der Waals surface area contributed by atoms with Crippen LogP contribution in [0.5, 0.6) is 0 Å². The van der Waals surface area contributed by atoms with Crippen molar-refractivity contribution in [2.45, 2.75) is 26.1 Å². The lowest BCUT2D eigenvalue weighted by Crippen LogP contribution is -2.29. The summed E-state index contributed by atoms with van der Waals surface area (Å²) in [5.74, 6) is 0. The Morgan fingerprint density at radius 1 is 1.19 bits per heavy atom. The van der Waals surface area contributed by atoms with E-state index >= 15 is 0 Å². The molecule has 1 unspecified atom stereocenters. The van der Waals surface area contributed by atoms with Gasteiger partial charge in [-0.2, -0.15) is 5.10 Å². The summed E-state index contributed by atoms with van der Waals surface area (Å²) in [6.07, 6.45) is 9.37. The van der Waals surface area contributed by atoms with Crippen LogP contribution < -0.4 is 5.32 Å². The highest BCUT2D eigenvalue weighted by molar-refractivity contribution is 5.34. The molecule has 1 atom stereocenters. The Kier molecular flexibility index (Phi) is 4.12. The molecule has 0 aliphatic rings. The van der Waals surface area contributed by atoms with Gasteiger partial charge in [-0.05, 0) is 30.7 Å². The van der Waals surface area contributed by atoms with Crippen LogP contribution in [0.15, 0.2) is 61.4 Å². The standard InChI is InChI=1S/C16H19N5/c1-14(12-20-9-7-17-13-20)18-11-15-4-2-5-16(10-15)21-8-3-6-19-21/h2-10,13-14,18H,11-12H2,1H3. The molecule has 5 heteroatoms. The molecular weight excluding hydrogens is 262 g/mol. The van der Waals surface area contributed by atoms with Crippen LogP contribution in [0.1, 0.15) is 12.5 Å². The maximum Gasteiger partial charge on any atom is 0.0946 e. The number of benzene rings is 1. The average Bonchev–Trinajstić information content (AvgIpc) is 3.19. The molecule has 0 fully saturated rings. The predicted molar refractivity (Wildman–Crippen MR) is 82.1 cm³/mol. The van der Waals surface area contributed by atoms with Gasteiger partial charge >= 0.3 is 0 Å². The molecule has 2 heterocycles. The number of imidazole rings is 1. The summed E-state index contributed by atoms with van der Waals surface area (Å²) < 4.78 is 3.95. The van der Waals surface area contributed by atoms with Gasteiger partial charge in [-0.25, -0.2) is 9.67 Å². The average molecular weight is 281 g/mol. The molecule has 0 saturated heterocycles. The zero-order chi connectivity index (χ0) is 14.5. The van der Waals surface area contributed by atoms with E-state index in [4.69, 9.17) is 0 Å². The van der Waals surface area contributed by atoms with Gasteiger partial charge in [0.1, 0.15) is 0 Å². The molecule has 0 spiro atoms. The van der Waals surface area contributed by atoms with Gasteiger partial charge in [0.15, 0.2) is 0 Å². The van der Waals surface area contributed by atoms with Crippen LogP contribution in [0.2, 0.25) is 0 Å². The zero-order valence-electron chi connectivity index (χ0n) is 12.1. The van der Waals surface area contributed by atoms with Crippen LogP contribution in [-0.4, -0.2) is 25.4 Å². The minimum atomic E-state index is 0.382. The van der Waals surface area contributed by atoms with Crippen molar-refractivity contribution in [1.29, 1.82) is 0 Å². The summed E-state index contributed by atoms with van der Waals surface area (Å²) in [5, 5.41) is 7.79. The molecule has 0 aliphatic carbocycles. The van der Waals surface area contributed by atoms with Gasteiger partial charge < -0.3 is 9.88 Å². The molecule has 3 aromatic rings. The van der Waals surface area contributed by atoms with Crippen molar-refractivity contribution >= 4 is 0 Å². The van der Waals surface area contributed by atoms with Crippen molar-refractivity contribution in [1.82, 2.24) is 24.6 Å². The Morgan fingerprint density at radius 2 is 2.14 bits per heavy atom. The number of nitrogens with one attached hydrogen (secondary N) is 1. The van der Waals surface area contributed by atoms with Crippen molar-refractivity contribution in [3.63, 3.8) is 0 Å². The lowest BCUT2D eigenvalue weighted by atomic mass is 10.2. The Morgan fingerprint density at radius 3 is 2.90 bits per heavy atom. The Labute approximate surface area is 124 Å². The van der Waals surface area contributed by atoms with E-state index in [2.05, 4.69) is 51.2 Å². The summed E-state index contributed by atoms with van der Waals surface area (Å²) in [6, 6.07) is 10.7. The molecule has 1 N–H and O–H groups in total. The second-order valence-electron chi connectivity index (χ2n) is 5.16. The second-order valence-corrected chi connectivity index (χ2v) is 5.16. The van der Waals surface area contributed by atoms with E-state index in [0.29, 0.717) is 6.04 Å². The maximum absolute atomic E-state index is 4.26. The van der Waals surface area contributed by atoms with Crippen LogP contribution in [0, 0.1) is 0 Å². The lowest BCUT2D eigenvalue weighted by molar-refractivity contribution is 0.476. The first-order valence-corrected chi connectivity index (χ1v) is 7.09. The van der Waals surface area contributed by atoms with Gasteiger partial charge in [0.2, 0.25) is 0 Å². The summed E-state index contributed by atoms with van der Waals surface area (Å²) in [4.78, 5) is 4.06. The Balaban J connectivity index is 1.59. The highest BCUT2D eigenvalue weighted by Gasteiger charge is 2.03. The van der Waals surface area contributed by atoms with E-state index in [1.165, 1.54) is 5.56 Å². The lowest BCUT2D eigenvalue weighted by Gasteiger charge is -2.14. The van der Waals surface area contributed by atoms with Gasteiger partial charge in [0, 0.05) is 43.9 Å². The third kappa shape index (κ3) is 3.58. The van der Waals surface area contributed by atoms with Crippen molar-refractivity contribution in [3.8, 4) is 5.69 Å². The van der Waals surface area contributed by atoms with Gasteiger partial charge in [-0.3, -0.25) is 0 Å². The molecule has 3 rings (SSSR count). The predicted octanol–water partition coefficient (Wildman–Crippen LogP) is 2.25. The number of rotatable bonds is 6. The molecule has 108 valence electrons. The molecule has 5 nitrogen and oxygen atoms in total. The summed E-state index contributed by atoms with van der Waals surface area (Å²) in [7, 11) is 0. The van der Waals surface area contributed by atoms with E-state index in [-0.39, 0.29) is 0 Å². The molecule has 1 aromatic carbocycles. The van der Waals surface area contributed by atoms with E-state index in [1.807, 2.05) is 29.5 Å². The molecule has 21 heavy (non-hydrogen) atoms. The monoisotopic (exact) mass is 281 g/mol. The fraction of sp³-hybridized carbons (Fsp3) is 0.250. The molecule has 0 amide bonds. The number of hydrogen-bond acceptors (Lipinski definition) is 3. The van der Waals surface area contributed by atoms with Crippen molar-refractivity contribution in [2.75, 3.05) is 0 Å². The van der Waals surface area contributed by atoms with Crippen LogP contribution in [0.3, 0.4) is 0 Å². The van der Waals surface area contributed by atoms with Crippen LogP contribution in [0.25, 0.3) is 5.69 Å². The highest BCUT2D eigenvalue weighted by Crippen LogP contribution is 2.09. The van der Waals surface area contributed by atoms with Crippen LogP contribution >= 0.6 is 0 Å². The highest BCUT2D eigenvalue weighted by atomic mass is 15.3. The zero-order valence-corrected chi connectivity index (χ0v) is 12.1. The van der Waals surface area contributed by atoms with Gasteiger partial charge in [-0.15, -0.1) is 0 Å². The van der Waals surface area contributed by atoms with Gasteiger partial charge in [0.05, 0.1) is 12.0 Å². The quantitative estimate of drug-likeness (QED) is 0.754. The fourth-order valence-electron chi connectivity index (χ4n) is 2.30. The smallest absolute Gasteiger partial charge is 0.0946 e. The first kappa shape index (κ1) is 13.6. The van der Waals surface area contributed by atoms with E-state index in [1.54, 1.807) is 12.4 Å². The normalized spacial score (nSPS) is 12.4. The Hall–Kier alpha value is -2.40. The van der Waals surface area contributed by atoms with Gasteiger partial charge in [0.25, 0.3) is 0 Å². The van der Waals surface area contributed by atoms with Crippen molar-refractivity contribution < 1.29 is 0 Å². The van der Waals surface area contributed by atoms with E-state index in [0.717, 1.165) is 18.8 Å². The molecule has 0 radical (unpaired) electrons. The molecule has 0 bridgehead atoms. The SMILES string of the molecule is CC(Cn1ccnc1)NCc1cccc(-n2cccn2)c1. The largest absolute Gasteiger partial charge is 0.336 e. The third-order valence-electron chi connectivity index (χ3n) is 3.38. The van der Waals surface area contributed by atoms with Crippen LogP contribution in [-0.2, 0) is 13.1 Å². The summed E-state index contributed by atoms with van der Waals surface area (Å²) in [5.41, 5.74) is 2.34. The van der Waals surface area contributed by atoms with E-state index in [9.17, 15) is 0 Å². The van der Waals surface area contributed by atoms with Crippen molar-refractivity contribution in [3.05, 3.63) is 67.0 Å². The molecule has 0 saturated carbocycles. The second kappa shape index (κ2) is 6.37. The minimum absolute atomic E-state index is 0.382. The van der Waals surface area contributed by atoms with E-state index < -0.39 is 0 Å². The topological polar surface area (TPSA) is 47.7 Å². The van der Waals surface area contributed by atoms with Crippen molar-refractivity contribution in [2.24, 2.45) is 0 Å². The summed E-state index contributed by atoms with van der Waals surface area (Å²) >= 11 is 0. The number of nitrogens with zero attached hydrogens (tertiary/aromatic N) is 4. The molecule has 2 aromatic heterocycles. The summed E-state index contributed by atoms with van der Waals surface area (Å²) in [6.45, 7) is 3.93. The molecule has 0 aliphatic heterocycles. The fourth-order valence-corrected chi connectivity index (χ4v) is 2.30. The molecular formula is C16H19N5. The Bertz CT molecular complexity index is 658. The van der Waals surface area contributed by atoms with Crippen LogP contribution in [0.4, 0.5) is 0 Å². The first-order valence-electron chi connectivity index (χ1n) is 7.09. The third-order valence-corrected chi connectivity index (χ3v) is 3.38. The number of hydrogen-bond donors (Lipinski definition) is 1. The maximum atomic E-state index is 4.26. The van der Waals surface area contributed by atoms with Gasteiger partial charge in [-0.1, -0.05) is 12.1 Å². The minimum Gasteiger partial charge on any atom is -0.336 e.